The van der Waals surface area contributed by atoms with Crippen molar-refractivity contribution in [3.8, 4) is 0 Å². The molecule has 2 heterocycles. The van der Waals surface area contributed by atoms with Crippen LogP contribution in [-0.4, -0.2) is 46.9 Å². The summed E-state index contributed by atoms with van der Waals surface area (Å²) in [5, 5.41) is 0. The Morgan fingerprint density at radius 2 is 1.87 bits per heavy atom. The van der Waals surface area contributed by atoms with E-state index in [0.717, 1.165) is 12.1 Å². The molecule has 0 radical (unpaired) electrons. The van der Waals surface area contributed by atoms with Crippen molar-refractivity contribution < 1.29 is 22.7 Å². The van der Waals surface area contributed by atoms with Crippen LogP contribution in [0.3, 0.4) is 0 Å². The summed E-state index contributed by atoms with van der Waals surface area (Å²) in [4.78, 5) is 13.6. The first kappa shape index (κ1) is 16.4. The van der Waals surface area contributed by atoms with E-state index in [9.17, 15) is 13.2 Å². The maximum Gasteiger partial charge on any atom is 0.240 e. The molecule has 1 amide bonds. The predicted octanol–water partition coefficient (Wildman–Crippen LogP) is 0.855. The van der Waals surface area contributed by atoms with E-state index in [0.29, 0.717) is 32.6 Å². The van der Waals surface area contributed by atoms with Crippen LogP contribution in [0, 0.1) is 0 Å². The van der Waals surface area contributed by atoms with Crippen molar-refractivity contribution in [3.63, 3.8) is 0 Å². The zero-order valence-corrected chi connectivity index (χ0v) is 13.5. The molecule has 3 rings (SSSR count). The van der Waals surface area contributed by atoms with Gasteiger partial charge in [-0.15, -0.1) is 0 Å². The van der Waals surface area contributed by atoms with Gasteiger partial charge in [0.2, 0.25) is 15.9 Å². The molecule has 0 aliphatic carbocycles. The Labute approximate surface area is 135 Å². The van der Waals surface area contributed by atoms with Crippen molar-refractivity contribution in [1.82, 2.24) is 4.72 Å². The first-order valence-electron chi connectivity index (χ1n) is 7.69. The van der Waals surface area contributed by atoms with Crippen LogP contribution in [0.4, 0.5) is 5.69 Å². The first-order valence-corrected chi connectivity index (χ1v) is 9.18. The Hall–Kier alpha value is -1.48. The van der Waals surface area contributed by atoms with Crippen molar-refractivity contribution >= 4 is 21.6 Å². The van der Waals surface area contributed by atoms with Crippen LogP contribution >= 0.6 is 0 Å². The average molecular weight is 340 g/mol. The monoisotopic (exact) mass is 340 g/mol. The summed E-state index contributed by atoms with van der Waals surface area (Å²) in [5.41, 5.74) is 0.735. The number of ether oxygens (including phenoxy) is 2. The summed E-state index contributed by atoms with van der Waals surface area (Å²) in [7, 11) is -3.57. The number of carbonyl (C=O) groups excluding carboxylic acids is 1. The zero-order chi connectivity index (χ0) is 16.3. The molecule has 0 spiro atoms. The lowest BCUT2D eigenvalue weighted by molar-refractivity contribution is -0.117. The fraction of sp³-hybridized carbons (Fsp3) is 0.533. The van der Waals surface area contributed by atoms with E-state index < -0.39 is 10.0 Å². The van der Waals surface area contributed by atoms with Crippen molar-refractivity contribution in [2.45, 2.75) is 30.4 Å². The van der Waals surface area contributed by atoms with E-state index in [1.807, 2.05) is 0 Å². The molecule has 0 bridgehead atoms. The van der Waals surface area contributed by atoms with Gasteiger partial charge in [0.05, 0.1) is 18.1 Å². The van der Waals surface area contributed by atoms with Crippen molar-refractivity contribution in [2.75, 3.05) is 31.2 Å². The Balaban J connectivity index is 1.59. The summed E-state index contributed by atoms with van der Waals surface area (Å²) in [6.07, 6.45) is 1.53. The minimum atomic E-state index is -3.57. The first-order chi connectivity index (χ1) is 11.1. The molecule has 0 unspecified atom stereocenters. The Kier molecular flexibility index (Phi) is 4.96. The molecule has 0 atom stereocenters. The summed E-state index contributed by atoms with van der Waals surface area (Å²) < 4.78 is 37.5. The largest absolute Gasteiger partial charge is 0.350 e. The van der Waals surface area contributed by atoms with Gasteiger partial charge in [-0.3, -0.25) is 4.79 Å². The van der Waals surface area contributed by atoms with E-state index in [4.69, 9.17) is 9.47 Å². The quantitative estimate of drug-likeness (QED) is 0.830. The molecular formula is C15H20N2O5S. The fourth-order valence-electron chi connectivity index (χ4n) is 2.69. The molecule has 2 fully saturated rings. The normalized spacial score (nSPS) is 19.7. The Morgan fingerprint density at radius 3 is 2.48 bits per heavy atom. The van der Waals surface area contributed by atoms with E-state index >= 15 is 0 Å². The number of anilines is 1. The van der Waals surface area contributed by atoms with Crippen molar-refractivity contribution in [1.29, 1.82) is 0 Å². The maximum absolute atomic E-state index is 12.2. The fourth-order valence-corrected chi connectivity index (χ4v) is 3.74. The second-order valence-corrected chi connectivity index (χ2v) is 7.27. The predicted molar refractivity (Wildman–Crippen MR) is 83.5 cm³/mol. The number of nitrogens with zero attached hydrogens (tertiary/aromatic N) is 1. The third-order valence-corrected chi connectivity index (χ3v) is 5.37. The van der Waals surface area contributed by atoms with Gasteiger partial charge < -0.3 is 14.4 Å². The van der Waals surface area contributed by atoms with E-state index in [-0.39, 0.29) is 23.6 Å². The number of amides is 1. The molecule has 1 N–H and O–H groups in total. The third-order valence-electron chi connectivity index (χ3n) is 3.90. The van der Waals surface area contributed by atoms with E-state index in [2.05, 4.69) is 4.72 Å². The molecular weight excluding hydrogens is 320 g/mol. The van der Waals surface area contributed by atoms with Gasteiger partial charge in [0.1, 0.15) is 0 Å². The second kappa shape index (κ2) is 6.96. The van der Waals surface area contributed by atoms with E-state index in [1.54, 1.807) is 17.0 Å². The number of benzene rings is 1. The Bertz CT molecular complexity index is 653. The summed E-state index contributed by atoms with van der Waals surface area (Å²) >= 11 is 0. The Morgan fingerprint density at radius 1 is 1.17 bits per heavy atom. The van der Waals surface area contributed by atoms with Crippen LogP contribution in [-0.2, 0) is 24.3 Å². The minimum Gasteiger partial charge on any atom is -0.350 e. The molecule has 2 aliphatic rings. The molecule has 8 heteroatoms. The van der Waals surface area contributed by atoms with Crippen LogP contribution in [0.5, 0.6) is 0 Å². The zero-order valence-electron chi connectivity index (χ0n) is 12.7. The van der Waals surface area contributed by atoms with Crippen LogP contribution < -0.4 is 9.62 Å². The number of nitrogens with one attached hydrogen (secondary N) is 1. The van der Waals surface area contributed by atoms with Gasteiger partial charge in [-0.2, -0.15) is 0 Å². The standard InChI is InChI=1S/C15H20N2O5S/c18-14-2-1-9-17(14)12-3-5-13(6-4-12)23(19,20)16-8-7-15-21-10-11-22-15/h3-6,15-16H,1-2,7-11H2. The third kappa shape index (κ3) is 3.89. The van der Waals surface area contributed by atoms with Crippen LogP contribution in [0.15, 0.2) is 29.2 Å². The lowest BCUT2D eigenvalue weighted by Gasteiger charge is -2.16. The van der Waals surface area contributed by atoms with Crippen molar-refractivity contribution in [2.24, 2.45) is 0 Å². The van der Waals surface area contributed by atoms with Gasteiger partial charge in [0.25, 0.3) is 0 Å². The highest BCUT2D eigenvalue weighted by molar-refractivity contribution is 7.89. The molecule has 0 saturated carbocycles. The van der Waals surface area contributed by atoms with Gasteiger partial charge in [0.15, 0.2) is 6.29 Å². The highest BCUT2D eigenvalue weighted by Gasteiger charge is 2.23. The average Bonchev–Trinajstić information content (AvgIpc) is 3.19. The molecule has 2 aliphatic heterocycles. The van der Waals surface area contributed by atoms with E-state index in [1.165, 1.54) is 12.1 Å². The van der Waals surface area contributed by atoms with Gasteiger partial charge >= 0.3 is 0 Å². The molecule has 126 valence electrons. The number of carbonyl (C=O) groups is 1. The molecule has 23 heavy (non-hydrogen) atoms. The molecule has 1 aromatic rings. The number of sulfonamides is 1. The highest BCUT2D eigenvalue weighted by Crippen LogP contribution is 2.22. The van der Waals surface area contributed by atoms with Gasteiger partial charge in [0, 0.05) is 31.6 Å². The molecule has 7 nitrogen and oxygen atoms in total. The van der Waals surface area contributed by atoms with Crippen LogP contribution in [0.25, 0.3) is 0 Å². The smallest absolute Gasteiger partial charge is 0.240 e. The number of hydrogen-bond acceptors (Lipinski definition) is 5. The van der Waals surface area contributed by atoms with Crippen LogP contribution in [0.2, 0.25) is 0 Å². The number of rotatable bonds is 6. The lowest BCUT2D eigenvalue weighted by atomic mass is 10.3. The summed E-state index contributed by atoms with van der Waals surface area (Å²) in [5.74, 6) is 0.0790. The molecule has 0 aromatic heterocycles. The van der Waals surface area contributed by atoms with Gasteiger partial charge in [-0.1, -0.05) is 0 Å². The van der Waals surface area contributed by atoms with Gasteiger partial charge in [-0.25, -0.2) is 13.1 Å². The second-order valence-electron chi connectivity index (χ2n) is 5.50. The minimum absolute atomic E-state index is 0.0790. The maximum atomic E-state index is 12.2. The lowest BCUT2D eigenvalue weighted by Crippen LogP contribution is -2.28. The number of hydrogen-bond donors (Lipinski definition) is 1. The summed E-state index contributed by atoms with van der Waals surface area (Å²) in [6, 6.07) is 6.37. The highest BCUT2D eigenvalue weighted by atomic mass is 32.2. The SMILES string of the molecule is O=C1CCCN1c1ccc(S(=O)(=O)NCCC2OCCO2)cc1. The summed E-state index contributed by atoms with van der Waals surface area (Å²) in [6.45, 7) is 2.03. The van der Waals surface area contributed by atoms with Crippen molar-refractivity contribution in [3.05, 3.63) is 24.3 Å². The molecule has 1 aromatic carbocycles. The molecule has 2 saturated heterocycles. The van der Waals surface area contributed by atoms with Gasteiger partial charge in [-0.05, 0) is 30.7 Å². The topological polar surface area (TPSA) is 84.9 Å². The van der Waals surface area contributed by atoms with Crippen LogP contribution in [0.1, 0.15) is 19.3 Å².